The predicted molar refractivity (Wildman–Crippen MR) is 88.9 cm³/mol. The molecular formula is C16H20FN3OS. The van der Waals surface area contributed by atoms with Crippen LogP contribution in [0.3, 0.4) is 0 Å². The van der Waals surface area contributed by atoms with Gasteiger partial charge in [0.15, 0.2) is 5.13 Å². The van der Waals surface area contributed by atoms with Crippen molar-refractivity contribution < 1.29 is 9.13 Å². The maximum absolute atomic E-state index is 13.7. The molecule has 0 radical (unpaired) electrons. The third-order valence-electron chi connectivity index (χ3n) is 3.94. The van der Waals surface area contributed by atoms with Crippen LogP contribution < -0.4 is 10.6 Å². The molecule has 2 aromatic rings. The number of hydrogen-bond acceptors (Lipinski definition) is 5. The van der Waals surface area contributed by atoms with E-state index in [1.807, 2.05) is 13.0 Å². The number of nitrogen functional groups attached to an aromatic ring is 1. The monoisotopic (exact) mass is 321 g/mol. The van der Waals surface area contributed by atoms with Gasteiger partial charge in [0, 0.05) is 25.8 Å². The van der Waals surface area contributed by atoms with Crippen molar-refractivity contribution in [2.75, 3.05) is 30.8 Å². The molecule has 2 N–H and O–H groups in total. The van der Waals surface area contributed by atoms with Gasteiger partial charge in [-0.05, 0) is 43.5 Å². The minimum atomic E-state index is -0.249. The van der Waals surface area contributed by atoms with Crippen molar-refractivity contribution in [1.82, 2.24) is 4.98 Å². The number of benzene rings is 1. The smallest absolute Gasteiger partial charge is 0.182 e. The number of aromatic nitrogens is 1. The highest BCUT2D eigenvalue weighted by Crippen LogP contribution is 2.39. The van der Waals surface area contributed by atoms with Gasteiger partial charge >= 0.3 is 0 Å². The Hall–Kier alpha value is -1.66. The average molecular weight is 321 g/mol. The van der Waals surface area contributed by atoms with Crippen LogP contribution in [0.15, 0.2) is 18.2 Å². The lowest BCUT2D eigenvalue weighted by atomic mass is 10.1. The molecule has 118 valence electrons. The van der Waals surface area contributed by atoms with Gasteiger partial charge in [0.1, 0.15) is 16.5 Å². The van der Waals surface area contributed by atoms with Crippen LogP contribution in [0.1, 0.15) is 18.4 Å². The molecule has 2 heterocycles. The van der Waals surface area contributed by atoms with Crippen molar-refractivity contribution >= 4 is 21.5 Å². The third kappa shape index (κ3) is 3.08. The number of thiazole rings is 1. The predicted octanol–water partition coefficient (Wildman–Crippen LogP) is 3.46. The number of hydrogen-bond donors (Lipinski definition) is 1. The summed E-state index contributed by atoms with van der Waals surface area (Å²) in [7, 11) is 1.74. The molecule has 1 aromatic heterocycles. The minimum absolute atomic E-state index is 0.221. The van der Waals surface area contributed by atoms with Gasteiger partial charge < -0.3 is 15.4 Å². The number of ether oxygens (including phenoxy) is 1. The topological polar surface area (TPSA) is 51.4 Å². The molecule has 4 nitrogen and oxygen atoms in total. The Balaban J connectivity index is 1.99. The Morgan fingerprint density at radius 3 is 2.95 bits per heavy atom. The van der Waals surface area contributed by atoms with E-state index in [1.165, 1.54) is 23.5 Å². The van der Waals surface area contributed by atoms with Crippen molar-refractivity contribution in [3.05, 3.63) is 29.6 Å². The number of anilines is 2. The lowest BCUT2D eigenvalue weighted by Crippen LogP contribution is -2.39. The number of methoxy groups -OCH3 is 1. The molecule has 0 bridgehead atoms. The van der Waals surface area contributed by atoms with Crippen LogP contribution in [0.25, 0.3) is 11.3 Å². The number of aryl methyl sites for hydroxylation is 1. The Labute approximate surface area is 133 Å². The zero-order chi connectivity index (χ0) is 15.7. The van der Waals surface area contributed by atoms with E-state index >= 15 is 0 Å². The Kier molecular flexibility index (Phi) is 4.31. The highest BCUT2D eigenvalue weighted by Gasteiger charge is 2.25. The number of nitrogens with two attached hydrogens (primary N) is 1. The lowest BCUT2D eigenvalue weighted by molar-refractivity contribution is 0.0895. The third-order valence-corrected chi connectivity index (χ3v) is 4.89. The van der Waals surface area contributed by atoms with E-state index in [0.29, 0.717) is 5.13 Å². The second-order valence-electron chi connectivity index (χ2n) is 5.67. The summed E-state index contributed by atoms with van der Waals surface area (Å²) in [6.45, 7) is 3.64. The number of halogens is 1. The van der Waals surface area contributed by atoms with Crippen molar-refractivity contribution in [3.8, 4) is 11.3 Å². The second-order valence-corrected chi connectivity index (χ2v) is 6.68. The highest BCUT2D eigenvalue weighted by atomic mass is 32.1. The van der Waals surface area contributed by atoms with Crippen molar-refractivity contribution in [2.45, 2.75) is 25.9 Å². The fraction of sp³-hybridized carbons (Fsp3) is 0.438. The molecule has 1 saturated heterocycles. The van der Waals surface area contributed by atoms with Crippen molar-refractivity contribution in [2.24, 2.45) is 0 Å². The molecule has 6 heteroatoms. The van der Waals surface area contributed by atoms with Gasteiger partial charge in [0.2, 0.25) is 0 Å². The molecule has 0 spiro atoms. The lowest BCUT2D eigenvalue weighted by Gasteiger charge is -2.33. The number of piperidine rings is 1. The Bertz CT molecular complexity index is 653. The van der Waals surface area contributed by atoms with E-state index in [-0.39, 0.29) is 11.9 Å². The summed E-state index contributed by atoms with van der Waals surface area (Å²) in [6, 6.07) is 4.97. The number of rotatable bonds is 3. The maximum Gasteiger partial charge on any atom is 0.182 e. The van der Waals surface area contributed by atoms with Crippen LogP contribution in [0.4, 0.5) is 14.5 Å². The normalized spacial score (nSPS) is 18.7. The summed E-state index contributed by atoms with van der Waals surface area (Å²) in [5, 5.41) is 1.51. The SMILES string of the molecule is CO[C@H]1CCCN(c2sc(N)nc2-c2cc(C)cc(F)c2)C1. The largest absolute Gasteiger partial charge is 0.380 e. The van der Waals surface area contributed by atoms with Gasteiger partial charge in [-0.15, -0.1) is 0 Å². The van der Waals surface area contributed by atoms with Crippen LogP contribution >= 0.6 is 11.3 Å². The van der Waals surface area contributed by atoms with Crippen LogP contribution in [-0.4, -0.2) is 31.3 Å². The summed E-state index contributed by atoms with van der Waals surface area (Å²) >= 11 is 1.45. The summed E-state index contributed by atoms with van der Waals surface area (Å²) in [5.41, 5.74) is 8.34. The van der Waals surface area contributed by atoms with E-state index in [1.54, 1.807) is 7.11 Å². The Morgan fingerprint density at radius 1 is 1.41 bits per heavy atom. The first-order valence-corrected chi connectivity index (χ1v) is 8.20. The molecular weight excluding hydrogens is 301 g/mol. The highest BCUT2D eigenvalue weighted by molar-refractivity contribution is 7.19. The van der Waals surface area contributed by atoms with E-state index in [0.717, 1.165) is 47.8 Å². The molecule has 1 fully saturated rings. The zero-order valence-corrected chi connectivity index (χ0v) is 13.6. The molecule has 1 aliphatic heterocycles. The fourth-order valence-electron chi connectivity index (χ4n) is 2.92. The summed E-state index contributed by atoms with van der Waals surface area (Å²) < 4.78 is 19.2. The van der Waals surface area contributed by atoms with Gasteiger partial charge in [0.25, 0.3) is 0 Å². The molecule has 1 aromatic carbocycles. The number of nitrogens with zero attached hydrogens (tertiary/aromatic N) is 2. The molecule has 1 aliphatic rings. The molecule has 0 amide bonds. The van der Waals surface area contributed by atoms with Crippen molar-refractivity contribution in [3.63, 3.8) is 0 Å². The van der Waals surface area contributed by atoms with Gasteiger partial charge in [-0.2, -0.15) is 0 Å². The van der Waals surface area contributed by atoms with Gasteiger partial charge in [-0.1, -0.05) is 11.3 Å². The van der Waals surface area contributed by atoms with Crippen LogP contribution in [-0.2, 0) is 4.74 Å². The molecule has 1 atom stereocenters. The van der Waals surface area contributed by atoms with Crippen LogP contribution in [0, 0.1) is 12.7 Å². The minimum Gasteiger partial charge on any atom is -0.380 e. The van der Waals surface area contributed by atoms with E-state index in [9.17, 15) is 4.39 Å². The van der Waals surface area contributed by atoms with E-state index in [4.69, 9.17) is 10.5 Å². The van der Waals surface area contributed by atoms with Gasteiger partial charge in [-0.25, -0.2) is 9.37 Å². The standard InChI is InChI=1S/C16H20FN3OS/c1-10-6-11(8-12(17)7-10)14-15(22-16(18)19-14)20-5-3-4-13(9-20)21-2/h6-8,13H,3-5,9H2,1-2H3,(H2,18,19)/t13-/m0/s1. The summed E-state index contributed by atoms with van der Waals surface area (Å²) in [4.78, 5) is 6.69. The molecule has 0 saturated carbocycles. The van der Waals surface area contributed by atoms with Crippen molar-refractivity contribution in [1.29, 1.82) is 0 Å². The first-order valence-electron chi connectivity index (χ1n) is 7.38. The quantitative estimate of drug-likeness (QED) is 0.940. The first-order chi connectivity index (χ1) is 10.6. The molecule has 3 rings (SSSR count). The Morgan fingerprint density at radius 2 is 2.23 bits per heavy atom. The van der Waals surface area contributed by atoms with Gasteiger partial charge in [-0.3, -0.25) is 0 Å². The van der Waals surface area contributed by atoms with Gasteiger partial charge in [0.05, 0.1) is 6.10 Å². The van der Waals surface area contributed by atoms with Crippen LogP contribution in [0.2, 0.25) is 0 Å². The molecule has 0 aliphatic carbocycles. The molecule has 22 heavy (non-hydrogen) atoms. The fourth-order valence-corrected chi connectivity index (χ4v) is 3.81. The molecule has 0 unspecified atom stereocenters. The van der Waals surface area contributed by atoms with E-state index in [2.05, 4.69) is 9.88 Å². The second kappa shape index (κ2) is 6.22. The zero-order valence-electron chi connectivity index (χ0n) is 12.8. The summed E-state index contributed by atoms with van der Waals surface area (Å²) in [6.07, 6.45) is 2.35. The summed E-state index contributed by atoms with van der Waals surface area (Å²) in [5.74, 6) is -0.249. The maximum atomic E-state index is 13.7. The first kappa shape index (κ1) is 15.2. The average Bonchev–Trinajstić information content (AvgIpc) is 2.88. The van der Waals surface area contributed by atoms with Crippen LogP contribution in [0.5, 0.6) is 0 Å². The van der Waals surface area contributed by atoms with E-state index < -0.39 is 0 Å².